The zero-order chi connectivity index (χ0) is 21.9. The van der Waals surface area contributed by atoms with Gasteiger partial charge in [-0.25, -0.2) is 12.8 Å². The van der Waals surface area contributed by atoms with Crippen LogP contribution in [0.1, 0.15) is 49.3 Å². The van der Waals surface area contributed by atoms with Crippen molar-refractivity contribution in [1.82, 2.24) is 0 Å². The number of carboxylic acid groups (broad SMARTS) is 1. The monoisotopic (exact) mass is 534 g/mol. The van der Waals surface area contributed by atoms with Crippen LogP contribution in [0.15, 0.2) is 45.8 Å². The van der Waals surface area contributed by atoms with Crippen LogP contribution in [0.5, 0.6) is 0 Å². The molecule has 0 saturated carbocycles. The van der Waals surface area contributed by atoms with Gasteiger partial charge in [-0.05, 0) is 53.4 Å². The smallest absolute Gasteiger partial charge is 0.303 e. The van der Waals surface area contributed by atoms with Gasteiger partial charge in [-0.2, -0.15) is 0 Å². The molecule has 0 radical (unpaired) electrons. The summed E-state index contributed by atoms with van der Waals surface area (Å²) in [6.45, 7) is 0.715. The van der Waals surface area contributed by atoms with E-state index in [0.29, 0.717) is 24.2 Å². The van der Waals surface area contributed by atoms with Gasteiger partial charge in [0.05, 0.1) is 21.6 Å². The fraction of sp³-hybridized carbons (Fsp3) is 0.381. The second-order valence-electron chi connectivity index (χ2n) is 7.40. The van der Waals surface area contributed by atoms with Crippen molar-refractivity contribution in [2.75, 3.05) is 17.9 Å². The summed E-state index contributed by atoms with van der Waals surface area (Å²) >= 11 is 3.11. The van der Waals surface area contributed by atoms with E-state index in [-0.39, 0.29) is 34.2 Å². The van der Waals surface area contributed by atoms with E-state index in [2.05, 4.69) is 15.9 Å². The van der Waals surface area contributed by atoms with Crippen LogP contribution in [0.4, 0.5) is 10.1 Å². The number of nitrogens with two attached hydrogens (primary N) is 1. The number of halogens is 3. The molecule has 0 amide bonds. The molecule has 0 aromatic heterocycles. The maximum absolute atomic E-state index is 14.4. The van der Waals surface area contributed by atoms with Gasteiger partial charge in [-0.15, -0.1) is 0 Å². The lowest BCUT2D eigenvalue weighted by molar-refractivity contribution is -0.687. The third kappa shape index (κ3) is 5.58. The van der Waals surface area contributed by atoms with E-state index in [1.165, 1.54) is 23.5 Å². The van der Waals surface area contributed by atoms with Crippen LogP contribution in [-0.4, -0.2) is 33.1 Å². The summed E-state index contributed by atoms with van der Waals surface area (Å²) in [5.74, 6) is -1.29. The molecule has 2 aromatic carbocycles. The SMILES string of the molecule is CN1c2ccccc2C([NH2+]CCCCCCC(=O)O)c2cc(F)c(Br)cc2S1(=O)=O.[Cl-]. The Morgan fingerprint density at radius 1 is 1.16 bits per heavy atom. The Bertz CT molecular complexity index is 1050. The molecule has 0 bridgehead atoms. The van der Waals surface area contributed by atoms with Gasteiger partial charge in [-0.3, -0.25) is 9.10 Å². The molecule has 31 heavy (non-hydrogen) atoms. The molecule has 3 rings (SSSR count). The predicted molar refractivity (Wildman–Crippen MR) is 115 cm³/mol. The van der Waals surface area contributed by atoms with Gasteiger partial charge >= 0.3 is 5.97 Å². The third-order valence-corrected chi connectivity index (χ3v) is 7.82. The molecule has 2 aromatic rings. The highest BCUT2D eigenvalue weighted by molar-refractivity contribution is 9.10. The van der Waals surface area contributed by atoms with E-state index in [9.17, 15) is 17.6 Å². The van der Waals surface area contributed by atoms with Crippen molar-refractivity contribution in [3.05, 3.63) is 57.8 Å². The number of aliphatic carboxylic acids is 1. The van der Waals surface area contributed by atoms with Gasteiger partial charge in [0.2, 0.25) is 0 Å². The van der Waals surface area contributed by atoms with Crippen LogP contribution in [-0.2, 0) is 14.8 Å². The van der Waals surface area contributed by atoms with Crippen LogP contribution in [0.3, 0.4) is 0 Å². The van der Waals surface area contributed by atoms with Crippen molar-refractivity contribution in [2.24, 2.45) is 0 Å². The van der Waals surface area contributed by atoms with Crippen molar-refractivity contribution in [3.8, 4) is 0 Å². The van der Waals surface area contributed by atoms with Crippen molar-refractivity contribution in [1.29, 1.82) is 0 Å². The zero-order valence-corrected chi connectivity index (χ0v) is 20.2. The summed E-state index contributed by atoms with van der Waals surface area (Å²) in [5.41, 5.74) is 1.82. The first-order valence-electron chi connectivity index (χ1n) is 9.85. The highest BCUT2D eigenvalue weighted by Crippen LogP contribution is 2.39. The van der Waals surface area contributed by atoms with E-state index in [0.717, 1.165) is 24.8 Å². The Balaban J connectivity index is 0.00000341. The lowest BCUT2D eigenvalue weighted by Gasteiger charge is -2.20. The lowest BCUT2D eigenvalue weighted by Crippen LogP contribution is -3.00. The minimum Gasteiger partial charge on any atom is -1.00 e. The van der Waals surface area contributed by atoms with Crippen LogP contribution < -0.4 is 22.0 Å². The average molecular weight is 536 g/mol. The number of sulfonamides is 1. The van der Waals surface area contributed by atoms with Crippen LogP contribution in [0, 0.1) is 5.82 Å². The van der Waals surface area contributed by atoms with Crippen molar-refractivity contribution < 1.29 is 40.4 Å². The molecular weight excluding hydrogens is 511 g/mol. The highest BCUT2D eigenvalue weighted by Gasteiger charge is 2.37. The topological polar surface area (TPSA) is 91.3 Å². The first kappa shape index (κ1) is 25.6. The molecule has 0 fully saturated rings. The number of carboxylic acids is 1. The number of benzene rings is 2. The summed E-state index contributed by atoms with van der Waals surface area (Å²) < 4.78 is 42.2. The first-order chi connectivity index (χ1) is 14.2. The quantitative estimate of drug-likeness (QED) is 0.480. The fourth-order valence-corrected chi connectivity index (χ4v) is 5.77. The Morgan fingerprint density at radius 2 is 1.84 bits per heavy atom. The highest BCUT2D eigenvalue weighted by atomic mass is 79.9. The number of rotatable bonds is 8. The molecule has 10 heteroatoms. The predicted octanol–water partition coefficient (Wildman–Crippen LogP) is 0.419. The standard InChI is InChI=1S/C21H24BrFN2O4S.ClH/c1-25-18-9-6-5-8-14(18)21(24-11-7-3-2-4-10-20(26)27)15-12-17(23)16(22)13-19(15)30(25,28)29;/h5-6,8-9,12-13,21,24H,2-4,7,10-11H2,1H3,(H,26,27);1H. The summed E-state index contributed by atoms with van der Waals surface area (Å²) in [7, 11) is -2.32. The van der Waals surface area contributed by atoms with Gasteiger partial charge < -0.3 is 22.8 Å². The maximum Gasteiger partial charge on any atom is 0.303 e. The molecule has 3 N–H and O–H groups in total. The Kier molecular flexibility index (Phi) is 8.88. The number of hydrogen-bond acceptors (Lipinski definition) is 3. The zero-order valence-electron chi connectivity index (χ0n) is 17.0. The molecule has 1 heterocycles. The normalized spacial score (nSPS) is 16.6. The third-order valence-electron chi connectivity index (χ3n) is 5.38. The summed E-state index contributed by atoms with van der Waals surface area (Å²) in [6, 6.07) is 9.57. The first-order valence-corrected chi connectivity index (χ1v) is 12.1. The number of anilines is 1. The van der Waals surface area contributed by atoms with Crippen LogP contribution in [0.2, 0.25) is 0 Å². The Labute approximate surface area is 196 Å². The molecule has 0 aliphatic carbocycles. The average Bonchev–Trinajstić information content (AvgIpc) is 2.76. The lowest BCUT2D eigenvalue weighted by atomic mass is 9.96. The van der Waals surface area contributed by atoms with E-state index < -0.39 is 21.8 Å². The minimum atomic E-state index is -3.83. The molecule has 1 aliphatic heterocycles. The number of hydrogen-bond donors (Lipinski definition) is 2. The molecule has 1 atom stereocenters. The van der Waals surface area contributed by atoms with Crippen molar-refractivity contribution in [3.63, 3.8) is 0 Å². The second-order valence-corrected chi connectivity index (χ2v) is 10.2. The molecule has 1 aliphatic rings. The van der Waals surface area contributed by atoms with Gasteiger partial charge in [0.25, 0.3) is 10.0 Å². The number of fused-ring (bicyclic) bond motifs is 2. The number of quaternary nitrogens is 1. The molecule has 6 nitrogen and oxygen atoms in total. The van der Waals surface area contributed by atoms with Gasteiger partial charge in [0.15, 0.2) is 0 Å². The molecule has 0 spiro atoms. The number of unbranched alkanes of at least 4 members (excludes halogenated alkanes) is 3. The van der Waals surface area contributed by atoms with E-state index in [4.69, 9.17) is 5.11 Å². The minimum absolute atomic E-state index is 0. The summed E-state index contributed by atoms with van der Waals surface area (Å²) in [6.07, 6.45) is 3.39. The van der Waals surface area contributed by atoms with Crippen LogP contribution in [0.25, 0.3) is 0 Å². The summed E-state index contributed by atoms with van der Waals surface area (Å²) in [4.78, 5) is 10.7. The summed E-state index contributed by atoms with van der Waals surface area (Å²) in [5, 5.41) is 10.7. The largest absolute Gasteiger partial charge is 1.00 e. The van der Waals surface area contributed by atoms with Gasteiger partial charge in [0.1, 0.15) is 11.9 Å². The Hall–Kier alpha value is -1.68. The fourth-order valence-electron chi connectivity index (χ4n) is 3.80. The Morgan fingerprint density at radius 3 is 2.55 bits per heavy atom. The number of carbonyl (C=O) groups is 1. The van der Waals surface area contributed by atoms with Crippen molar-refractivity contribution in [2.45, 2.75) is 43.0 Å². The van der Waals surface area contributed by atoms with Gasteiger partial charge in [-0.1, -0.05) is 24.6 Å². The molecule has 170 valence electrons. The molecule has 1 unspecified atom stereocenters. The van der Waals surface area contributed by atoms with E-state index >= 15 is 0 Å². The number of nitrogens with zero attached hydrogens (tertiary/aromatic N) is 1. The second kappa shape index (κ2) is 10.8. The number of para-hydroxylation sites is 1. The van der Waals surface area contributed by atoms with Crippen molar-refractivity contribution >= 4 is 37.6 Å². The maximum atomic E-state index is 14.4. The van der Waals surface area contributed by atoms with Crippen LogP contribution >= 0.6 is 15.9 Å². The molecular formula is C21H25BrClFN2O4S. The van der Waals surface area contributed by atoms with E-state index in [1.807, 2.05) is 17.4 Å². The van der Waals surface area contributed by atoms with E-state index in [1.54, 1.807) is 12.1 Å². The van der Waals surface area contributed by atoms with Gasteiger partial charge in [0, 0.05) is 24.6 Å². The molecule has 0 saturated heterocycles.